The maximum atomic E-state index is 5.56. The summed E-state index contributed by atoms with van der Waals surface area (Å²) in [7, 11) is 3.81. The van der Waals surface area contributed by atoms with Crippen LogP contribution in [-0.2, 0) is 11.2 Å². The number of halogens is 1. The number of hydrogen-bond donors (Lipinski definition) is 1. The molecule has 1 aromatic rings. The Morgan fingerprint density at radius 2 is 2.31 bits per heavy atom. The summed E-state index contributed by atoms with van der Waals surface area (Å²) in [6.07, 6.45) is 3.57. The fourth-order valence-corrected chi connectivity index (χ4v) is 3.43. The van der Waals surface area contributed by atoms with E-state index in [9.17, 15) is 0 Å². The fourth-order valence-electron chi connectivity index (χ4n) is 1.86. The summed E-state index contributed by atoms with van der Waals surface area (Å²) in [6.45, 7) is 2.19. The second kappa shape index (κ2) is 7.43. The van der Waals surface area contributed by atoms with Gasteiger partial charge < -0.3 is 10.1 Å². The zero-order valence-electron chi connectivity index (χ0n) is 10.1. The van der Waals surface area contributed by atoms with Gasteiger partial charge in [-0.1, -0.05) is 13.3 Å². The summed E-state index contributed by atoms with van der Waals surface area (Å²) in [4.78, 5) is 1.39. The van der Waals surface area contributed by atoms with Crippen LogP contribution in [0, 0.1) is 0 Å². The van der Waals surface area contributed by atoms with Crippen molar-refractivity contribution in [2.75, 3.05) is 14.2 Å². The van der Waals surface area contributed by atoms with Gasteiger partial charge in [0.2, 0.25) is 0 Å². The highest BCUT2D eigenvalue weighted by atomic mass is 79.9. The van der Waals surface area contributed by atoms with Crippen molar-refractivity contribution in [3.63, 3.8) is 0 Å². The lowest BCUT2D eigenvalue weighted by molar-refractivity contribution is 0.0635. The van der Waals surface area contributed by atoms with Gasteiger partial charge in [0.05, 0.1) is 6.10 Å². The van der Waals surface area contributed by atoms with Gasteiger partial charge in [0.25, 0.3) is 0 Å². The van der Waals surface area contributed by atoms with Crippen molar-refractivity contribution in [1.82, 2.24) is 5.32 Å². The Balaban J connectivity index is 2.63. The quantitative estimate of drug-likeness (QED) is 0.833. The van der Waals surface area contributed by atoms with Crippen LogP contribution in [0.3, 0.4) is 0 Å². The Morgan fingerprint density at radius 3 is 2.75 bits per heavy atom. The van der Waals surface area contributed by atoms with Crippen LogP contribution in [0.25, 0.3) is 0 Å². The molecular formula is C12H20BrNOS. The molecule has 4 heteroatoms. The maximum absolute atomic E-state index is 5.56. The molecule has 16 heavy (non-hydrogen) atoms. The molecule has 0 saturated carbocycles. The van der Waals surface area contributed by atoms with Crippen molar-refractivity contribution < 1.29 is 4.74 Å². The number of rotatable bonds is 7. The molecule has 0 aliphatic carbocycles. The number of nitrogens with one attached hydrogen (secondary N) is 1. The van der Waals surface area contributed by atoms with Crippen molar-refractivity contribution in [2.45, 2.75) is 38.3 Å². The number of ether oxygens (including phenoxy) is 1. The largest absolute Gasteiger partial charge is 0.380 e. The van der Waals surface area contributed by atoms with E-state index in [-0.39, 0.29) is 0 Å². The van der Waals surface area contributed by atoms with Gasteiger partial charge in [-0.25, -0.2) is 0 Å². The van der Waals surface area contributed by atoms with Crippen molar-refractivity contribution in [2.24, 2.45) is 0 Å². The van der Waals surface area contributed by atoms with Gasteiger partial charge in [-0.05, 0) is 40.8 Å². The topological polar surface area (TPSA) is 21.3 Å². The third-order valence-corrected chi connectivity index (χ3v) is 4.74. The molecule has 2 unspecified atom stereocenters. The molecule has 0 amide bonds. The van der Waals surface area contributed by atoms with Crippen LogP contribution >= 0.6 is 27.3 Å². The molecule has 2 atom stereocenters. The lowest BCUT2D eigenvalue weighted by atomic mass is 10.0. The number of hydrogen-bond acceptors (Lipinski definition) is 3. The van der Waals surface area contributed by atoms with Gasteiger partial charge in [0.15, 0.2) is 0 Å². The van der Waals surface area contributed by atoms with E-state index in [0.717, 1.165) is 19.3 Å². The van der Waals surface area contributed by atoms with Gasteiger partial charge in [-0.2, -0.15) is 0 Å². The van der Waals surface area contributed by atoms with Gasteiger partial charge in [-0.3, -0.25) is 0 Å². The van der Waals surface area contributed by atoms with E-state index in [0.29, 0.717) is 12.1 Å². The predicted octanol–water partition coefficient (Wildman–Crippen LogP) is 3.46. The van der Waals surface area contributed by atoms with Crippen LogP contribution in [0.1, 0.15) is 24.6 Å². The molecule has 0 aliphatic rings. The minimum atomic E-state index is 0.295. The first-order valence-corrected chi connectivity index (χ1v) is 7.32. The van der Waals surface area contributed by atoms with E-state index in [2.05, 4.69) is 39.6 Å². The minimum absolute atomic E-state index is 0.295. The molecule has 1 heterocycles. The Kier molecular flexibility index (Phi) is 6.58. The first-order valence-electron chi connectivity index (χ1n) is 5.64. The SMILES string of the molecule is CCCC(OC)C(Cc1sccc1Br)NC. The summed E-state index contributed by atoms with van der Waals surface area (Å²) < 4.78 is 6.77. The molecule has 0 aliphatic heterocycles. The van der Waals surface area contributed by atoms with Crippen molar-refractivity contribution >= 4 is 27.3 Å². The maximum Gasteiger partial charge on any atom is 0.0727 e. The highest BCUT2D eigenvalue weighted by Crippen LogP contribution is 2.25. The average Bonchev–Trinajstić information content (AvgIpc) is 2.69. The van der Waals surface area contributed by atoms with Crippen LogP contribution in [0.5, 0.6) is 0 Å². The zero-order chi connectivity index (χ0) is 12.0. The van der Waals surface area contributed by atoms with Crippen molar-refractivity contribution in [1.29, 1.82) is 0 Å². The van der Waals surface area contributed by atoms with Crippen LogP contribution in [0.2, 0.25) is 0 Å². The number of methoxy groups -OCH3 is 1. The van der Waals surface area contributed by atoms with Gasteiger partial charge in [0, 0.05) is 28.9 Å². The molecule has 0 aromatic carbocycles. The highest BCUT2D eigenvalue weighted by Gasteiger charge is 2.20. The average molecular weight is 306 g/mol. The monoisotopic (exact) mass is 305 g/mol. The first kappa shape index (κ1) is 14.2. The molecule has 1 N–H and O–H groups in total. The molecule has 0 spiro atoms. The molecule has 0 bridgehead atoms. The lowest BCUT2D eigenvalue weighted by Gasteiger charge is -2.25. The predicted molar refractivity (Wildman–Crippen MR) is 74.3 cm³/mol. The summed E-state index contributed by atoms with van der Waals surface area (Å²) >= 11 is 5.37. The number of likely N-dealkylation sites (N-methyl/N-ethyl adjacent to an activating group) is 1. The van der Waals surface area contributed by atoms with Crippen LogP contribution in [0.15, 0.2) is 15.9 Å². The van der Waals surface area contributed by atoms with Gasteiger partial charge in [-0.15, -0.1) is 11.3 Å². The van der Waals surface area contributed by atoms with E-state index < -0.39 is 0 Å². The normalized spacial score (nSPS) is 15.0. The lowest BCUT2D eigenvalue weighted by Crippen LogP contribution is -2.40. The second-order valence-corrected chi connectivity index (χ2v) is 5.71. The molecule has 0 fully saturated rings. The molecular weight excluding hydrogens is 286 g/mol. The third-order valence-electron chi connectivity index (χ3n) is 2.79. The second-order valence-electron chi connectivity index (χ2n) is 3.85. The summed E-state index contributed by atoms with van der Waals surface area (Å²) in [6, 6.07) is 2.49. The van der Waals surface area contributed by atoms with Crippen LogP contribution in [0.4, 0.5) is 0 Å². The third kappa shape index (κ3) is 3.84. The van der Waals surface area contributed by atoms with E-state index in [1.54, 1.807) is 18.4 Å². The molecule has 2 nitrogen and oxygen atoms in total. The molecule has 92 valence electrons. The minimum Gasteiger partial charge on any atom is -0.380 e. The Bertz CT molecular complexity index is 303. The fraction of sp³-hybridized carbons (Fsp3) is 0.667. The highest BCUT2D eigenvalue weighted by molar-refractivity contribution is 9.10. The molecule has 1 rings (SSSR count). The van der Waals surface area contributed by atoms with Gasteiger partial charge >= 0.3 is 0 Å². The summed E-state index contributed by atoms with van der Waals surface area (Å²) in [5.74, 6) is 0. The molecule has 0 radical (unpaired) electrons. The summed E-state index contributed by atoms with van der Waals surface area (Å²) in [5.41, 5.74) is 0. The molecule has 0 saturated heterocycles. The van der Waals surface area contributed by atoms with E-state index >= 15 is 0 Å². The van der Waals surface area contributed by atoms with Crippen LogP contribution in [-0.4, -0.2) is 26.3 Å². The smallest absolute Gasteiger partial charge is 0.0727 e. The van der Waals surface area contributed by atoms with Crippen molar-refractivity contribution in [3.05, 3.63) is 20.8 Å². The van der Waals surface area contributed by atoms with E-state index in [4.69, 9.17) is 4.74 Å². The first-order chi connectivity index (χ1) is 7.72. The van der Waals surface area contributed by atoms with Gasteiger partial charge in [0.1, 0.15) is 0 Å². The standard InChI is InChI=1S/C12H20BrNOS/c1-4-5-11(15-3)10(14-2)8-12-9(13)6-7-16-12/h6-7,10-11,14H,4-5,8H2,1-3H3. The Morgan fingerprint density at radius 1 is 1.56 bits per heavy atom. The Labute approximate surface area is 111 Å². The van der Waals surface area contributed by atoms with Crippen molar-refractivity contribution in [3.8, 4) is 0 Å². The van der Waals surface area contributed by atoms with E-state index in [1.165, 1.54) is 9.35 Å². The summed E-state index contributed by atoms with van der Waals surface area (Å²) in [5, 5.41) is 5.48. The van der Waals surface area contributed by atoms with E-state index in [1.807, 2.05) is 7.05 Å². The van der Waals surface area contributed by atoms with Crippen LogP contribution < -0.4 is 5.32 Å². The zero-order valence-corrected chi connectivity index (χ0v) is 12.5. The Hall–Kier alpha value is 0.1000. The number of thiophene rings is 1. The molecule has 1 aromatic heterocycles.